The Labute approximate surface area is 179 Å². The summed E-state index contributed by atoms with van der Waals surface area (Å²) in [6.45, 7) is 7.35. The van der Waals surface area contributed by atoms with Gasteiger partial charge < -0.3 is 14.5 Å². The first-order chi connectivity index (χ1) is 14.5. The molecule has 3 heterocycles. The second-order valence-electron chi connectivity index (χ2n) is 8.95. The number of ether oxygens (including phenoxy) is 1. The van der Waals surface area contributed by atoms with E-state index in [9.17, 15) is 4.79 Å². The Morgan fingerprint density at radius 3 is 2.87 bits per heavy atom. The Balaban J connectivity index is 1.41. The van der Waals surface area contributed by atoms with Crippen molar-refractivity contribution >= 4 is 22.8 Å². The highest BCUT2D eigenvalue weighted by atomic mass is 16.5. The van der Waals surface area contributed by atoms with E-state index in [1.165, 1.54) is 18.4 Å². The lowest BCUT2D eigenvalue weighted by Gasteiger charge is -2.34. The lowest BCUT2D eigenvalue weighted by Crippen LogP contribution is -2.45. The fraction of sp³-hybridized carbons (Fsp3) is 0.625. The summed E-state index contributed by atoms with van der Waals surface area (Å²) in [6.07, 6.45) is 6.70. The third-order valence-corrected chi connectivity index (χ3v) is 6.52. The van der Waals surface area contributed by atoms with Gasteiger partial charge in [-0.2, -0.15) is 0 Å². The predicted molar refractivity (Wildman–Crippen MR) is 120 cm³/mol. The molecule has 4 rings (SSSR count). The molecule has 0 bridgehead atoms. The number of carbonyl (C=O) groups is 1. The smallest absolute Gasteiger partial charge is 0.227 e. The van der Waals surface area contributed by atoms with E-state index < -0.39 is 0 Å². The molecule has 162 valence electrons. The first kappa shape index (κ1) is 21.0. The van der Waals surface area contributed by atoms with Crippen molar-refractivity contribution in [3.8, 4) is 0 Å². The molecule has 2 unspecified atom stereocenters. The van der Waals surface area contributed by atoms with Gasteiger partial charge in [0.05, 0.1) is 23.2 Å². The van der Waals surface area contributed by atoms with Crippen LogP contribution >= 0.6 is 0 Å². The van der Waals surface area contributed by atoms with E-state index in [1.54, 1.807) is 0 Å². The van der Waals surface area contributed by atoms with Gasteiger partial charge in [0.25, 0.3) is 0 Å². The molecule has 2 fully saturated rings. The Morgan fingerprint density at radius 1 is 1.20 bits per heavy atom. The summed E-state index contributed by atoms with van der Waals surface area (Å²) >= 11 is 0. The van der Waals surface area contributed by atoms with Crippen molar-refractivity contribution in [2.45, 2.75) is 58.5 Å². The molecule has 6 nitrogen and oxygen atoms in total. The third kappa shape index (κ3) is 4.75. The molecule has 0 saturated carbocycles. The Morgan fingerprint density at radius 2 is 2.07 bits per heavy atom. The Hall–Kier alpha value is -2.21. The average Bonchev–Trinajstić information content (AvgIpc) is 2.77. The maximum atomic E-state index is 13.1. The minimum atomic E-state index is 0.00753. The molecule has 1 amide bonds. The fourth-order valence-corrected chi connectivity index (χ4v) is 4.68. The predicted octanol–water partition coefficient (Wildman–Crippen LogP) is 3.88. The van der Waals surface area contributed by atoms with E-state index in [1.807, 2.05) is 18.9 Å². The molecule has 2 atom stereocenters. The Bertz CT molecular complexity index is 894. The van der Waals surface area contributed by atoms with Gasteiger partial charge in [0, 0.05) is 38.7 Å². The number of hydrogen-bond acceptors (Lipinski definition) is 5. The van der Waals surface area contributed by atoms with E-state index in [0.717, 1.165) is 67.9 Å². The molecule has 1 aromatic heterocycles. The molecular formula is C24H34N4O2. The first-order valence-corrected chi connectivity index (χ1v) is 11.4. The second kappa shape index (κ2) is 9.29. The molecule has 0 radical (unpaired) electrons. The van der Waals surface area contributed by atoms with Crippen LogP contribution in [0.3, 0.4) is 0 Å². The first-order valence-electron chi connectivity index (χ1n) is 11.4. The zero-order valence-electron chi connectivity index (χ0n) is 18.6. The zero-order valence-corrected chi connectivity index (χ0v) is 18.6. The van der Waals surface area contributed by atoms with Gasteiger partial charge in [-0.05, 0) is 64.0 Å². The number of rotatable bonds is 5. The number of aromatic nitrogens is 2. The molecule has 2 aromatic rings. The van der Waals surface area contributed by atoms with E-state index in [0.29, 0.717) is 12.6 Å². The van der Waals surface area contributed by atoms with E-state index in [-0.39, 0.29) is 11.8 Å². The maximum Gasteiger partial charge on any atom is 0.227 e. The number of fused-ring (bicyclic) bond motifs is 1. The fourth-order valence-electron chi connectivity index (χ4n) is 4.68. The number of piperidine rings is 1. The van der Waals surface area contributed by atoms with Crippen LogP contribution in [0.4, 0.5) is 5.95 Å². The summed E-state index contributed by atoms with van der Waals surface area (Å²) in [7, 11) is 1.93. The van der Waals surface area contributed by atoms with Crippen LogP contribution in [0.5, 0.6) is 0 Å². The highest BCUT2D eigenvalue weighted by Crippen LogP contribution is 2.25. The van der Waals surface area contributed by atoms with E-state index >= 15 is 0 Å². The summed E-state index contributed by atoms with van der Waals surface area (Å²) in [5.41, 5.74) is 3.17. The number of nitrogens with zero attached hydrogens (tertiary/aromatic N) is 4. The molecule has 30 heavy (non-hydrogen) atoms. The van der Waals surface area contributed by atoms with Crippen LogP contribution in [0.25, 0.3) is 10.9 Å². The quantitative estimate of drug-likeness (QED) is 0.749. The van der Waals surface area contributed by atoms with Crippen LogP contribution in [-0.2, 0) is 9.53 Å². The maximum absolute atomic E-state index is 13.1. The molecule has 0 N–H and O–H groups in total. The van der Waals surface area contributed by atoms with Crippen molar-refractivity contribution in [1.29, 1.82) is 0 Å². The number of benzene rings is 1. The standard InChI is InChI=1S/C24H34N4O2/c1-17-9-10-21-18(2)25-24(26-22(21)15-17)28-12-6-7-19(16-28)23(29)27(3)13-11-20-8-4-5-14-30-20/h9-10,15,19-20H,4-8,11-14,16H2,1-3H3. The topological polar surface area (TPSA) is 58.6 Å². The van der Waals surface area contributed by atoms with Crippen LogP contribution in [0.2, 0.25) is 0 Å². The summed E-state index contributed by atoms with van der Waals surface area (Å²) in [6, 6.07) is 6.31. The van der Waals surface area contributed by atoms with Crippen molar-refractivity contribution in [2.75, 3.05) is 38.2 Å². The summed E-state index contributed by atoms with van der Waals surface area (Å²) in [5, 5.41) is 1.10. The lowest BCUT2D eigenvalue weighted by molar-refractivity contribution is -0.135. The van der Waals surface area contributed by atoms with Gasteiger partial charge in [-0.25, -0.2) is 9.97 Å². The molecule has 1 aromatic carbocycles. The number of aryl methyl sites for hydroxylation is 2. The monoisotopic (exact) mass is 410 g/mol. The van der Waals surface area contributed by atoms with E-state index in [4.69, 9.17) is 14.7 Å². The lowest BCUT2D eigenvalue weighted by atomic mass is 9.96. The molecular weight excluding hydrogens is 376 g/mol. The van der Waals surface area contributed by atoms with Gasteiger partial charge in [0.1, 0.15) is 0 Å². The molecule has 2 aliphatic heterocycles. The highest BCUT2D eigenvalue weighted by molar-refractivity contribution is 5.83. The molecule has 2 saturated heterocycles. The van der Waals surface area contributed by atoms with Crippen molar-refractivity contribution in [3.63, 3.8) is 0 Å². The second-order valence-corrected chi connectivity index (χ2v) is 8.95. The molecule has 6 heteroatoms. The van der Waals surface area contributed by atoms with Gasteiger partial charge in [0.15, 0.2) is 0 Å². The minimum absolute atomic E-state index is 0.00753. The van der Waals surface area contributed by atoms with Gasteiger partial charge >= 0.3 is 0 Å². The van der Waals surface area contributed by atoms with Crippen molar-refractivity contribution in [3.05, 3.63) is 29.5 Å². The van der Waals surface area contributed by atoms with Gasteiger partial charge in [-0.15, -0.1) is 0 Å². The van der Waals surface area contributed by atoms with Crippen molar-refractivity contribution < 1.29 is 9.53 Å². The van der Waals surface area contributed by atoms with Crippen LogP contribution in [0.15, 0.2) is 18.2 Å². The number of carbonyl (C=O) groups excluding carboxylic acids is 1. The highest BCUT2D eigenvalue weighted by Gasteiger charge is 2.29. The SMILES string of the molecule is Cc1ccc2c(C)nc(N3CCCC(C(=O)N(C)CCC4CCCCO4)C3)nc2c1. The van der Waals surface area contributed by atoms with Gasteiger partial charge in [0.2, 0.25) is 11.9 Å². The summed E-state index contributed by atoms with van der Waals surface area (Å²) in [5.74, 6) is 0.998. The third-order valence-electron chi connectivity index (χ3n) is 6.52. The number of anilines is 1. The van der Waals surface area contributed by atoms with Crippen LogP contribution in [0.1, 0.15) is 49.8 Å². The molecule has 0 aliphatic carbocycles. The Kier molecular flexibility index (Phi) is 6.52. The number of hydrogen-bond donors (Lipinski definition) is 0. The zero-order chi connectivity index (χ0) is 21.1. The largest absolute Gasteiger partial charge is 0.378 e. The minimum Gasteiger partial charge on any atom is -0.378 e. The van der Waals surface area contributed by atoms with Crippen molar-refractivity contribution in [1.82, 2.24) is 14.9 Å². The molecule has 2 aliphatic rings. The van der Waals surface area contributed by atoms with Crippen molar-refractivity contribution in [2.24, 2.45) is 5.92 Å². The van der Waals surface area contributed by atoms with Gasteiger partial charge in [-0.1, -0.05) is 12.1 Å². The normalized spacial score (nSPS) is 22.3. The molecule has 0 spiro atoms. The summed E-state index contributed by atoms with van der Waals surface area (Å²) < 4.78 is 5.82. The summed E-state index contributed by atoms with van der Waals surface area (Å²) in [4.78, 5) is 26.8. The van der Waals surface area contributed by atoms with Gasteiger partial charge in [-0.3, -0.25) is 4.79 Å². The van der Waals surface area contributed by atoms with E-state index in [2.05, 4.69) is 30.0 Å². The average molecular weight is 411 g/mol. The number of amides is 1. The van der Waals surface area contributed by atoms with Crippen LogP contribution in [0, 0.1) is 19.8 Å². The van der Waals surface area contributed by atoms with Crippen LogP contribution in [-0.4, -0.2) is 60.2 Å². The van der Waals surface area contributed by atoms with Crippen LogP contribution < -0.4 is 4.90 Å².